The molecular formula is C17H18FN3. The lowest BCUT2D eigenvalue weighted by molar-refractivity contribution is 0.597. The Morgan fingerprint density at radius 3 is 2.62 bits per heavy atom. The zero-order valence-corrected chi connectivity index (χ0v) is 12.5. The second-order valence-electron chi connectivity index (χ2n) is 5.31. The number of hydrogen-bond acceptors (Lipinski definition) is 2. The van der Waals surface area contributed by atoms with E-state index in [0.717, 1.165) is 34.7 Å². The van der Waals surface area contributed by atoms with Gasteiger partial charge in [-0.3, -0.25) is 0 Å². The molecule has 4 heteroatoms. The summed E-state index contributed by atoms with van der Waals surface area (Å²) in [4.78, 5) is 9.28. The van der Waals surface area contributed by atoms with E-state index in [1.54, 1.807) is 6.07 Å². The van der Waals surface area contributed by atoms with Crippen LogP contribution in [0.15, 0.2) is 30.3 Å². The average Bonchev–Trinajstić information content (AvgIpc) is 2.80. The van der Waals surface area contributed by atoms with Gasteiger partial charge < -0.3 is 4.57 Å². The van der Waals surface area contributed by atoms with Crippen molar-refractivity contribution in [2.45, 2.75) is 33.7 Å². The van der Waals surface area contributed by atoms with Gasteiger partial charge in [0.15, 0.2) is 5.65 Å². The molecule has 0 saturated carbocycles. The molecule has 0 spiro atoms. The lowest BCUT2D eigenvalue weighted by Crippen LogP contribution is -2.07. The Kier molecular flexibility index (Phi) is 3.45. The Bertz CT molecular complexity index is 805. The minimum absolute atomic E-state index is 0.189. The Hall–Kier alpha value is -2.23. The maximum atomic E-state index is 13.9. The van der Waals surface area contributed by atoms with Crippen LogP contribution in [0.2, 0.25) is 0 Å². The van der Waals surface area contributed by atoms with Gasteiger partial charge in [0.25, 0.3) is 0 Å². The molecule has 0 aliphatic heterocycles. The van der Waals surface area contributed by atoms with Gasteiger partial charge in [-0.1, -0.05) is 25.1 Å². The quantitative estimate of drug-likeness (QED) is 0.732. The number of hydrogen-bond donors (Lipinski definition) is 0. The molecule has 0 radical (unpaired) electrons. The van der Waals surface area contributed by atoms with Gasteiger partial charge in [0.2, 0.25) is 0 Å². The SMILES string of the molecule is CCc1nc2c(C)cc(C)nc2n1Cc1ccccc1F. The largest absolute Gasteiger partial charge is 0.308 e. The van der Waals surface area contributed by atoms with E-state index in [9.17, 15) is 4.39 Å². The van der Waals surface area contributed by atoms with Crippen LogP contribution in [0.4, 0.5) is 4.39 Å². The molecule has 0 atom stereocenters. The van der Waals surface area contributed by atoms with Gasteiger partial charge in [0.1, 0.15) is 17.2 Å². The molecule has 0 amide bonds. The van der Waals surface area contributed by atoms with Crippen LogP contribution in [0, 0.1) is 19.7 Å². The molecule has 0 unspecified atom stereocenters. The number of aromatic nitrogens is 3. The molecular weight excluding hydrogens is 265 g/mol. The van der Waals surface area contributed by atoms with Crippen molar-refractivity contribution in [3.05, 3.63) is 58.8 Å². The summed E-state index contributed by atoms with van der Waals surface area (Å²) in [5.41, 5.74) is 4.48. The summed E-state index contributed by atoms with van der Waals surface area (Å²) < 4.78 is 15.9. The number of fused-ring (bicyclic) bond motifs is 1. The predicted molar refractivity (Wildman–Crippen MR) is 81.9 cm³/mol. The number of pyridine rings is 1. The minimum atomic E-state index is -0.189. The number of benzene rings is 1. The van der Waals surface area contributed by atoms with Crippen molar-refractivity contribution in [3.8, 4) is 0 Å². The highest BCUT2D eigenvalue weighted by atomic mass is 19.1. The minimum Gasteiger partial charge on any atom is -0.308 e. The van der Waals surface area contributed by atoms with Crippen LogP contribution in [0.5, 0.6) is 0 Å². The normalized spacial score (nSPS) is 11.2. The molecule has 2 aromatic heterocycles. The first-order valence-electron chi connectivity index (χ1n) is 7.17. The molecule has 0 aliphatic rings. The molecule has 3 rings (SSSR count). The first-order valence-corrected chi connectivity index (χ1v) is 7.17. The molecule has 0 N–H and O–H groups in total. The molecule has 0 fully saturated rings. The second-order valence-corrected chi connectivity index (χ2v) is 5.31. The zero-order chi connectivity index (χ0) is 15.0. The van der Waals surface area contributed by atoms with Crippen LogP contribution in [-0.4, -0.2) is 14.5 Å². The standard InChI is InChI=1S/C17H18FN3/c1-4-15-20-16-11(2)9-12(3)19-17(16)21(15)10-13-7-5-6-8-14(13)18/h5-9H,4,10H2,1-3H3. The predicted octanol–water partition coefficient (Wildman–Crippen LogP) is 3.80. The van der Waals surface area contributed by atoms with E-state index in [-0.39, 0.29) is 5.82 Å². The zero-order valence-electron chi connectivity index (χ0n) is 12.5. The van der Waals surface area contributed by atoms with E-state index in [4.69, 9.17) is 0 Å². The van der Waals surface area contributed by atoms with E-state index in [2.05, 4.69) is 16.9 Å². The Morgan fingerprint density at radius 2 is 1.90 bits per heavy atom. The van der Waals surface area contributed by atoms with Crippen LogP contribution < -0.4 is 0 Å². The van der Waals surface area contributed by atoms with Crippen LogP contribution in [0.1, 0.15) is 29.6 Å². The van der Waals surface area contributed by atoms with E-state index < -0.39 is 0 Å². The fraction of sp³-hybridized carbons (Fsp3) is 0.294. The summed E-state index contributed by atoms with van der Waals surface area (Å²) in [7, 11) is 0. The molecule has 0 saturated heterocycles. The number of rotatable bonds is 3. The lowest BCUT2D eigenvalue weighted by atomic mass is 10.2. The second kappa shape index (κ2) is 5.28. The van der Waals surface area contributed by atoms with Crippen molar-refractivity contribution in [2.75, 3.05) is 0 Å². The Labute approximate surface area is 123 Å². The van der Waals surface area contributed by atoms with Gasteiger partial charge in [-0.15, -0.1) is 0 Å². The third-order valence-corrected chi connectivity index (χ3v) is 3.70. The highest BCUT2D eigenvalue weighted by Gasteiger charge is 2.14. The maximum absolute atomic E-state index is 13.9. The fourth-order valence-electron chi connectivity index (χ4n) is 2.68. The van der Waals surface area contributed by atoms with Crippen molar-refractivity contribution in [1.82, 2.24) is 14.5 Å². The summed E-state index contributed by atoms with van der Waals surface area (Å²) in [5.74, 6) is 0.750. The third-order valence-electron chi connectivity index (χ3n) is 3.70. The lowest BCUT2D eigenvalue weighted by Gasteiger charge is -2.09. The molecule has 0 bridgehead atoms. The summed E-state index contributed by atoms with van der Waals surface area (Å²) in [6.07, 6.45) is 0.795. The maximum Gasteiger partial charge on any atom is 0.160 e. The average molecular weight is 283 g/mol. The topological polar surface area (TPSA) is 30.7 Å². The molecule has 0 aliphatic carbocycles. The van der Waals surface area contributed by atoms with Gasteiger partial charge in [-0.2, -0.15) is 0 Å². The summed E-state index contributed by atoms with van der Waals surface area (Å²) in [5, 5.41) is 0. The van der Waals surface area contributed by atoms with Crippen molar-refractivity contribution in [1.29, 1.82) is 0 Å². The highest BCUT2D eigenvalue weighted by molar-refractivity contribution is 5.76. The van der Waals surface area contributed by atoms with E-state index in [1.807, 2.05) is 36.6 Å². The number of imidazole rings is 1. The van der Waals surface area contributed by atoms with Crippen LogP contribution in [-0.2, 0) is 13.0 Å². The molecule has 2 heterocycles. The first kappa shape index (κ1) is 13.7. The number of aryl methyl sites for hydroxylation is 3. The van der Waals surface area contributed by atoms with E-state index in [0.29, 0.717) is 12.1 Å². The molecule has 21 heavy (non-hydrogen) atoms. The van der Waals surface area contributed by atoms with Crippen molar-refractivity contribution in [3.63, 3.8) is 0 Å². The third kappa shape index (κ3) is 2.42. The van der Waals surface area contributed by atoms with E-state index >= 15 is 0 Å². The van der Waals surface area contributed by atoms with Crippen molar-refractivity contribution in [2.24, 2.45) is 0 Å². The Morgan fingerprint density at radius 1 is 1.14 bits per heavy atom. The fourth-order valence-corrected chi connectivity index (χ4v) is 2.68. The molecule has 1 aromatic carbocycles. The van der Waals surface area contributed by atoms with Crippen molar-refractivity contribution >= 4 is 11.2 Å². The van der Waals surface area contributed by atoms with Crippen molar-refractivity contribution < 1.29 is 4.39 Å². The van der Waals surface area contributed by atoms with Crippen LogP contribution in [0.3, 0.4) is 0 Å². The number of halogens is 1. The van der Waals surface area contributed by atoms with Gasteiger partial charge in [0.05, 0.1) is 6.54 Å². The van der Waals surface area contributed by atoms with Gasteiger partial charge in [-0.05, 0) is 31.5 Å². The molecule has 3 aromatic rings. The van der Waals surface area contributed by atoms with Gasteiger partial charge >= 0.3 is 0 Å². The summed E-state index contributed by atoms with van der Waals surface area (Å²) in [6, 6.07) is 8.89. The summed E-state index contributed by atoms with van der Waals surface area (Å²) >= 11 is 0. The van der Waals surface area contributed by atoms with Gasteiger partial charge in [-0.25, -0.2) is 14.4 Å². The highest BCUT2D eigenvalue weighted by Crippen LogP contribution is 2.21. The molecule has 3 nitrogen and oxygen atoms in total. The van der Waals surface area contributed by atoms with Crippen LogP contribution in [0.25, 0.3) is 11.2 Å². The Balaban J connectivity index is 2.19. The van der Waals surface area contributed by atoms with Crippen LogP contribution >= 0.6 is 0 Å². The number of nitrogens with zero attached hydrogens (tertiary/aromatic N) is 3. The van der Waals surface area contributed by atoms with Gasteiger partial charge in [0, 0.05) is 17.7 Å². The monoisotopic (exact) mass is 283 g/mol. The first-order chi connectivity index (χ1) is 10.1. The summed E-state index contributed by atoms with van der Waals surface area (Å²) in [6.45, 7) is 6.53. The smallest absolute Gasteiger partial charge is 0.160 e. The van der Waals surface area contributed by atoms with E-state index in [1.165, 1.54) is 6.07 Å². The molecule has 108 valence electrons.